The number of hydrogen-bond donors (Lipinski definition) is 1. The van der Waals surface area contributed by atoms with Gasteiger partial charge in [0.05, 0.1) is 11.3 Å². The number of carbonyl (C=O) groups is 1. The summed E-state index contributed by atoms with van der Waals surface area (Å²) in [5.74, 6) is -0.853. The van der Waals surface area contributed by atoms with Crippen molar-refractivity contribution in [1.29, 1.82) is 0 Å². The van der Waals surface area contributed by atoms with Crippen molar-refractivity contribution in [2.75, 3.05) is 18.0 Å². The van der Waals surface area contributed by atoms with Gasteiger partial charge in [0.1, 0.15) is 0 Å². The van der Waals surface area contributed by atoms with Crippen LogP contribution in [0, 0.1) is 12.3 Å². The summed E-state index contributed by atoms with van der Waals surface area (Å²) in [5, 5.41) is 9.36. The van der Waals surface area contributed by atoms with Crippen molar-refractivity contribution < 1.29 is 9.90 Å². The van der Waals surface area contributed by atoms with Gasteiger partial charge in [-0.2, -0.15) is 0 Å². The minimum atomic E-state index is -0.853. The van der Waals surface area contributed by atoms with E-state index in [0.29, 0.717) is 5.56 Å². The maximum atomic E-state index is 11.4. The van der Waals surface area contributed by atoms with Gasteiger partial charge in [-0.05, 0) is 30.9 Å². The summed E-state index contributed by atoms with van der Waals surface area (Å²) in [6, 6.07) is 5.65. The van der Waals surface area contributed by atoms with Crippen LogP contribution in [0.5, 0.6) is 0 Å². The van der Waals surface area contributed by atoms with Crippen molar-refractivity contribution in [3.05, 3.63) is 41.0 Å². The number of nitrogens with zero attached hydrogens (tertiary/aromatic N) is 1. The Labute approximate surface area is 120 Å². The quantitative estimate of drug-likeness (QED) is 0.831. The number of aromatic carboxylic acids is 1. The molecule has 1 aliphatic heterocycles. The summed E-state index contributed by atoms with van der Waals surface area (Å²) in [6.45, 7) is 10.3. The molecule has 108 valence electrons. The molecule has 1 aliphatic rings. The number of carboxylic acid groups (broad SMARTS) is 1. The van der Waals surface area contributed by atoms with Gasteiger partial charge in [-0.1, -0.05) is 44.1 Å². The number of rotatable bonds is 2. The predicted octanol–water partition coefficient (Wildman–Crippen LogP) is 3.88. The van der Waals surface area contributed by atoms with Gasteiger partial charge in [0, 0.05) is 13.1 Å². The second kappa shape index (κ2) is 5.31. The SMILES string of the molecule is Cc1ccc(N2CC=C(C(C)(C)C)CC2)c(C(=O)O)c1. The molecule has 0 atom stereocenters. The van der Waals surface area contributed by atoms with Gasteiger partial charge >= 0.3 is 5.97 Å². The van der Waals surface area contributed by atoms with Gasteiger partial charge in [-0.25, -0.2) is 4.79 Å². The molecule has 3 heteroatoms. The monoisotopic (exact) mass is 273 g/mol. The zero-order valence-corrected chi connectivity index (χ0v) is 12.7. The molecule has 2 rings (SSSR count). The lowest BCUT2D eigenvalue weighted by atomic mass is 9.83. The molecule has 0 aromatic heterocycles. The van der Waals surface area contributed by atoms with E-state index in [0.717, 1.165) is 30.8 Å². The minimum Gasteiger partial charge on any atom is -0.478 e. The number of carboxylic acids is 1. The van der Waals surface area contributed by atoms with Crippen molar-refractivity contribution in [3.8, 4) is 0 Å². The summed E-state index contributed by atoms with van der Waals surface area (Å²) in [7, 11) is 0. The zero-order valence-electron chi connectivity index (χ0n) is 12.7. The molecule has 0 saturated heterocycles. The van der Waals surface area contributed by atoms with Gasteiger partial charge < -0.3 is 10.0 Å². The predicted molar refractivity (Wildman–Crippen MR) is 82.5 cm³/mol. The normalized spacial score (nSPS) is 16.0. The van der Waals surface area contributed by atoms with Gasteiger partial charge in [-0.3, -0.25) is 0 Å². The number of aryl methyl sites for hydroxylation is 1. The van der Waals surface area contributed by atoms with Crippen LogP contribution in [-0.4, -0.2) is 24.2 Å². The van der Waals surface area contributed by atoms with Gasteiger partial charge in [-0.15, -0.1) is 0 Å². The lowest BCUT2D eigenvalue weighted by Gasteiger charge is -2.34. The van der Waals surface area contributed by atoms with E-state index in [1.165, 1.54) is 5.57 Å². The molecule has 0 unspecified atom stereocenters. The molecule has 20 heavy (non-hydrogen) atoms. The third-order valence-electron chi connectivity index (χ3n) is 3.90. The van der Waals surface area contributed by atoms with Crippen LogP contribution in [0.3, 0.4) is 0 Å². The highest BCUT2D eigenvalue weighted by molar-refractivity contribution is 5.94. The van der Waals surface area contributed by atoms with Crippen LogP contribution >= 0.6 is 0 Å². The topological polar surface area (TPSA) is 40.5 Å². The van der Waals surface area contributed by atoms with E-state index in [1.807, 2.05) is 19.1 Å². The van der Waals surface area contributed by atoms with Crippen LogP contribution in [0.4, 0.5) is 5.69 Å². The van der Waals surface area contributed by atoms with Crippen LogP contribution in [0.25, 0.3) is 0 Å². The average molecular weight is 273 g/mol. The molecule has 0 aliphatic carbocycles. The minimum absolute atomic E-state index is 0.203. The number of benzene rings is 1. The second-order valence-electron chi connectivity index (χ2n) is 6.50. The van der Waals surface area contributed by atoms with Crippen molar-refractivity contribution >= 4 is 11.7 Å². The molecule has 1 aromatic rings. The smallest absolute Gasteiger partial charge is 0.337 e. The van der Waals surface area contributed by atoms with Gasteiger partial charge in [0.25, 0.3) is 0 Å². The van der Waals surface area contributed by atoms with Crippen LogP contribution < -0.4 is 4.90 Å². The Bertz CT molecular complexity index is 553. The van der Waals surface area contributed by atoms with E-state index in [4.69, 9.17) is 0 Å². The van der Waals surface area contributed by atoms with Gasteiger partial charge in [0.2, 0.25) is 0 Å². The second-order valence-corrected chi connectivity index (χ2v) is 6.50. The van der Waals surface area contributed by atoms with Gasteiger partial charge in [0.15, 0.2) is 0 Å². The summed E-state index contributed by atoms with van der Waals surface area (Å²) >= 11 is 0. The van der Waals surface area contributed by atoms with E-state index >= 15 is 0 Å². The summed E-state index contributed by atoms with van der Waals surface area (Å²) < 4.78 is 0. The maximum absolute atomic E-state index is 11.4. The molecule has 0 spiro atoms. The highest BCUT2D eigenvalue weighted by Gasteiger charge is 2.23. The zero-order chi connectivity index (χ0) is 14.9. The molecule has 1 aromatic carbocycles. The third kappa shape index (κ3) is 3.03. The first-order valence-electron chi connectivity index (χ1n) is 7.07. The Morgan fingerprint density at radius 2 is 2.00 bits per heavy atom. The van der Waals surface area contributed by atoms with Crippen LogP contribution in [0.15, 0.2) is 29.8 Å². The average Bonchev–Trinajstić information content (AvgIpc) is 2.37. The fourth-order valence-electron chi connectivity index (χ4n) is 2.67. The standard InChI is InChI=1S/C17H23NO2/c1-12-5-6-15(14(11-12)16(19)20)18-9-7-13(8-10-18)17(2,3)4/h5-7,11H,8-10H2,1-4H3,(H,19,20). The van der Waals surface area contributed by atoms with E-state index in [1.54, 1.807) is 6.07 Å². The molecule has 0 radical (unpaired) electrons. The first kappa shape index (κ1) is 14.6. The molecule has 0 bridgehead atoms. The Morgan fingerprint density at radius 3 is 2.50 bits per heavy atom. The summed E-state index contributed by atoms with van der Waals surface area (Å²) in [6.07, 6.45) is 3.24. The van der Waals surface area contributed by atoms with E-state index < -0.39 is 5.97 Å². The Kier molecular flexibility index (Phi) is 3.89. The Morgan fingerprint density at radius 1 is 1.30 bits per heavy atom. The highest BCUT2D eigenvalue weighted by Crippen LogP contribution is 2.32. The van der Waals surface area contributed by atoms with E-state index in [-0.39, 0.29) is 5.41 Å². The molecule has 1 N–H and O–H groups in total. The van der Waals surface area contributed by atoms with Crippen molar-refractivity contribution in [3.63, 3.8) is 0 Å². The van der Waals surface area contributed by atoms with E-state index in [9.17, 15) is 9.90 Å². The third-order valence-corrected chi connectivity index (χ3v) is 3.90. The summed E-state index contributed by atoms with van der Waals surface area (Å²) in [4.78, 5) is 13.5. The molecular formula is C17H23NO2. The first-order chi connectivity index (χ1) is 9.29. The molecule has 3 nitrogen and oxygen atoms in total. The summed E-state index contributed by atoms with van der Waals surface area (Å²) in [5.41, 5.74) is 3.87. The molecular weight excluding hydrogens is 250 g/mol. The molecule has 0 amide bonds. The number of anilines is 1. The fraction of sp³-hybridized carbons (Fsp3) is 0.471. The van der Waals surface area contributed by atoms with Crippen molar-refractivity contribution in [2.24, 2.45) is 5.41 Å². The van der Waals surface area contributed by atoms with Crippen LogP contribution in [0.1, 0.15) is 43.1 Å². The lowest BCUT2D eigenvalue weighted by molar-refractivity contribution is 0.0697. The Balaban J connectivity index is 2.27. The van der Waals surface area contributed by atoms with Crippen LogP contribution in [0.2, 0.25) is 0 Å². The maximum Gasteiger partial charge on any atom is 0.337 e. The highest BCUT2D eigenvalue weighted by atomic mass is 16.4. The lowest BCUT2D eigenvalue weighted by Crippen LogP contribution is -2.32. The largest absolute Gasteiger partial charge is 0.478 e. The van der Waals surface area contributed by atoms with Crippen molar-refractivity contribution in [1.82, 2.24) is 0 Å². The van der Waals surface area contributed by atoms with Crippen molar-refractivity contribution in [2.45, 2.75) is 34.1 Å². The van der Waals surface area contributed by atoms with Crippen LogP contribution in [-0.2, 0) is 0 Å². The molecule has 0 saturated carbocycles. The Hall–Kier alpha value is -1.77. The first-order valence-corrected chi connectivity index (χ1v) is 7.07. The fourth-order valence-corrected chi connectivity index (χ4v) is 2.67. The molecule has 0 fully saturated rings. The molecule has 1 heterocycles. The van der Waals surface area contributed by atoms with E-state index in [2.05, 4.69) is 31.7 Å². The number of hydrogen-bond acceptors (Lipinski definition) is 2.